The minimum atomic E-state index is -0.413. The molecule has 0 aromatic carbocycles. The summed E-state index contributed by atoms with van der Waals surface area (Å²) in [7, 11) is 0. The van der Waals surface area contributed by atoms with E-state index in [1.165, 1.54) is 12.8 Å². The number of amides is 1. The molecule has 1 saturated carbocycles. The van der Waals surface area contributed by atoms with Crippen LogP contribution in [0.1, 0.15) is 65.1 Å². The summed E-state index contributed by atoms with van der Waals surface area (Å²) in [4.78, 5) is 25.7. The number of aromatic nitrogens is 4. The second-order valence-electron chi connectivity index (χ2n) is 6.98. The zero-order chi connectivity index (χ0) is 19.0. The van der Waals surface area contributed by atoms with Gasteiger partial charge >= 0.3 is 0 Å². The summed E-state index contributed by atoms with van der Waals surface area (Å²) in [5.74, 6) is 1.21. The van der Waals surface area contributed by atoms with Crippen molar-refractivity contribution in [2.75, 3.05) is 0 Å². The maximum atomic E-state index is 12.5. The molecule has 1 amide bonds. The van der Waals surface area contributed by atoms with Crippen LogP contribution < -0.4 is 5.32 Å². The van der Waals surface area contributed by atoms with Crippen molar-refractivity contribution < 1.29 is 9.32 Å². The third-order valence-corrected chi connectivity index (χ3v) is 4.66. The molecule has 3 aromatic rings. The highest BCUT2D eigenvalue weighted by molar-refractivity contribution is 5.95. The lowest BCUT2D eigenvalue weighted by atomic mass is 10.1. The van der Waals surface area contributed by atoms with Gasteiger partial charge in [-0.25, -0.2) is 0 Å². The Hall–Kier alpha value is -3.09. The third-order valence-electron chi connectivity index (χ3n) is 4.66. The molecule has 1 N–H and O–H groups in total. The molecule has 7 heteroatoms. The van der Waals surface area contributed by atoms with Gasteiger partial charge in [0, 0.05) is 29.1 Å². The van der Waals surface area contributed by atoms with Crippen molar-refractivity contribution in [1.82, 2.24) is 25.4 Å². The number of nitrogens with one attached hydrogen (secondary N) is 1. The quantitative estimate of drug-likeness (QED) is 0.745. The number of carbonyl (C=O) groups is 1. The Kier molecular flexibility index (Phi) is 4.43. The molecule has 0 bridgehead atoms. The summed E-state index contributed by atoms with van der Waals surface area (Å²) < 4.78 is 5.37. The van der Waals surface area contributed by atoms with E-state index in [9.17, 15) is 4.79 Å². The number of pyridine rings is 2. The van der Waals surface area contributed by atoms with E-state index in [0.29, 0.717) is 28.9 Å². The van der Waals surface area contributed by atoms with E-state index >= 15 is 0 Å². The molecule has 1 aliphatic rings. The summed E-state index contributed by atoms with van der Waals surface area (Å²) in [5, 5.41) is 6.95. The van der Waals surface area contributed by atoms with Crippen molar-refractivity contribution in [2.45, 2.75) is 45.6 Å². The van der Waals surface area contributed by atoms with E-state index in [-0.39, 0.29) is 5.91 Å². The maximum Gasteiger partial charge on any atom is 0.253 e. The Morgan fingerprint density at radius 1 is 1.22 bits per heavy atom. The largest absolute Gasteiger partial charge is 0.340 e. The fourth-order valence-electron chi connectivity index (χ4n) is 2.98. The van der Waals surface area contributed by atoms with Gasteiger partial charge in [-0.2, -0.15) is 4.98 Å². The van der Waals surface area contributed by atoms with Gasteiger partial charge in [0.15, 0.2) is 0 Å². The molecular weight excluding hydrogens is 342 g/mol. The van der Waals surface area contributed by atoms with Crippen LogP contribution in [0.3, 0.4) is 0 Å². The molecule has 3 aromatic heterocycles. The Labute approximate surface area is 157 Å². The van der Waals surface area contributed by atoms with Crippen LogP contribution in [0.5, 0.6) is 0 Å². The zero-order valence-electron chi connectivity index (χ0n) is 15.6. The van der Waals surface area contributed by atoms with Gasteiger partial charge in [0.2, 0.25) is 11.7 Å². The minimum absolute atomic E-state index is 0.216. The lowest BCUT2D eigenvalue weighted by Crippen LogP contribution is -2.27. The lowest BCUT2D eigenvalue weighted by Gasteiger charge is -2.11. The van der Waals surface area contributed by atoms with Gasteiger partial charge in [-0.05, 0) is 57.9 Å². The van der Waals surface area contributed by atoms with Gasteiger partial charge in [-0.3, -0.25) is 14.8 Å². The molecule has 7 nitrogen and oxygen atoms in total. The molecule has 4 rings (SSSR count). The van der Waals surface area contributed by atoms with E-state index in [1.807, 2.05) is 39.0 Å². The van der Waals surface area contributed by atoms with Crippen molar-refractivity contribution in [3.63, 3.8) is 0 Å². The van der Waals surface area contributed by atoms with E-state index < -0.39 is 6.04 Å². The number of hydrogen-bond acceptors (Lipinski definition) is 6. The van der Waals surface area contributed by atoms with Crippen LogP contribution in [0.25, 0.3) is 11.4 Å². The van der Waals surface area contributed by atoms with Crippen LogP contribution >= 0.6 is 0 Å². The number of carbonyl (C=O) groups excluding carboxylic acids is 1. The first-order valence-electron chi connectivity index (χ1n) is 9.06. The standard InChI is InChI=1S/C20H21N5O2/c1-11-4-7-16(12(2)22-11)19(26)23-13(3)20-24-18(25-27-20)15-8-9-21-17(10-15)14-5-6-14/h4,7-10,13-14H,5-6H2,1-3H3,(H,23,26)/t13-/m0/s1. The highest BCUT2D eigenvalue weighted by Gasteiger charge is 2.26. The SMILES string of the molecule is Cc1ccc(C(=O)N[C@@H](C)c2nc(-c3ccnc(C4CC4)c3)no2)c(C)n1. The molecule has 0 unspecified atom stereocenters. The average Bonchev–Trinajstić information content (AvgIpc) is 3.38. The van der Waals surface area contributed by atoms with Gasteiger partial charge in [-0.1, -0.05) is 5.16 Å². The van der Waals surface area contributed by atoms with Crippen molar-refractivity contribution in [2.24, 2.45) is 0 Å². The van der Waals surface area contributed by atoms with Crippen LogP contribution in [0.15, 0.2) is 35.0 Å². The van der Waals surface area contributed by atoms with Crippen LogP contribution in [-0.4, -0.2) is 26.0 Å². The summed E-state index contributed by atoms with van der Waals surface area (Å²) in [6, 6.07) is 7.06. The Morgan fingerprint density at radius 2 is 2.04 bits per heavy atom. The number of rotatable bonds is 5. The molecule has 0 spiro atoms. The zero-order valence-corrected chi connectivity index (χ0v) is 15.6. The van der Waals surface area contributed by atoms with Gasteiger partial charge < -0.3 is 9.84 Å². The van der Waals surface area contributed by atoms with Gasteiger partial charge in [0.25, 0.3) is 5.91 Å². The van der Waals surface area contributed by atoms with Crippen molar-refractivity contribution >= 4 is 5.91 Å². The molecule has 0 radical (unpaired) electrons. The fraction of sp³-hybridized carbons (Fsp3) is 0.350. The van der Waals surface area contributed by atoms with Gasteiger partial charge in [-0.15, -0.1) is 0 Å². The molecule has 1 fully saturated rings. The first-order chi connectivity index (χ1) is 13.0. The Bertz CT molecular complexity index is 994. The molecule has 0 aliphatic heterocycles. The van der Waals surface area contributed by atoms with Crippen LogP contribution in [-0.2, 0) is 0 Å². The average molecular weight is 363 g/mol. The number of nitrogens with zero attached hydrogens (tertiary/aromatic N) is 4. The van der Waals surface area contributed by atoms with Crippen molar-refractivity contribution in [1.29, 1.82) is 0 Å². The smallest absolute Gasteiger partial charge is 0.253 e. The summed E-state index contributed by atoms with van der Waals surface area (Å²) in [6.07, 6.45) is 4.14. The highest BCUT2D eigenvalue weighted by Crippen LogP contribution is 2.39. The molecule has 27 heavy (non-hydrogen) atoms. The third kappa shape index (κ3) is 3.72. The topological polar surface area (TPSA) is 93.8 Å². The van der Waals surface area contributed by atoms with E-state index in [4.69, 9.17) is 4.52 Å². The second kappa shape index (κ2) is 6.90. The second-order valence-corrected chi connectivity index (χ2v) is 6.98. The van der Waals surface area contributed by atoms with Crippen LogP contribution in [0.2, 0.25) is 0 Å². The molecule has 0 saturated heterocycles. The lowest BCUT2D eigenvalue weighted by molar-refractivity contribution is 0.0931. The van der Waals surface area contributed by atoms with Gasteiger partial charge in [0.05, 0.1) is 11.3 Å². The fourth-order valence-corrected chi connectivity index (χ4v) is 2.98. The van der Waals surface area contributed by atoms with Crippen molar-refractivity contribution in [3.8, 4) is 11.4 Å². The summed E-state index contributed by atoms with van der Waals surface area (Å²) in [6.45, 7) is 5.53. The van der Waals surface area contributed by atoms with E-state index in [1.54, 1.807) is 12.3 Å². The molecular formula is C20H21N5O2. The molecule has 1 aliphatic carbocycles. The van der Waals surface area contributed by atoms with Crippen LogP contribution in [0.4, 0.5) is 0 Å². The van der Waals surface area contributed by atoms with Crippen molar-refractivity contribution in [3.05, 3.63) is 59.0 Å². The van der Waals surface area contributed by atoms with Gasteiger partial charge in [0.1, 0.15) is 6.04 Å². The Balaban J connectivity index is 1.49. The minimum Gasteiger partial charge on any atom is -0.340 e. The number of hydrogen-bond donors (Lipinski definition) is 1. The molecule has 138 valence electrons. The first-order valence-corrected chi connectivity index (χ1v) is 9.06. The first kappa shape index (κ1) is 17.3. The predicted molar refractivity (Wildman–Crippen MR) is 99.1 cm³/mol. The van der Waals surface area contributed by atoms with E-state index in [2.05, 4.69) is 25.4 Å². The predicted octanol–water partition coefficient (Wildman–Crippen LogP) is 3.51. The molecule has 1 atom stereocenters. The van der Waals surface area contributed by atoms with E-state index in [0.717, 1.165) is 17.0 Å². The normalized spacial score (nSPS) is 14.8. The summed E-state index contributed by atoms with van der Waals surface area (Å²) >= 11 is 0. The Morgan fingerprint density at radius 3 is 2.78 bits per heavy atom. The van der Waals surface area contributed by atoms with Crippen LogP contribution in [0, 0.1) is 13.8 Å². The highest BCUT2D eigenvalue weighted by atomic mass is 16.5. The summed E-state index contributed by atoms with van der Waals surface area (Å²) in [5.41, 5.74) is 4.05. The number of aryl methyl sites for hydroxylation is 2. The molecule has 3 heterocycles. The monoisotopic (exact) mass is 363 g/mol. The maximum absolute atomic E-state index is 12.5.